The fraction of sp³-hybridized carbons (Fsp3) is 0.714. The first-order valence-electron chi connectivity index (χ1n) is 6.97. The molecular formula is C14H23N3O3. The predicted octanol–water partition coefficient (Wildman–Crippen LogP) is 2.16. The molecule has 0 aromatic carbocycles. The van der Waals surface area contributed by atoms with Crippen LogP contribution in [0.1, 0.15) is 58.4 Å². The number of hydrogen-bond donors (Lipinski definition) is 2. The number of nitrogens with one attached hydrogen (secondary N) is 1. The van der Waals surface area contributed by atoms with E-state index in [9.17, 15) is 9.90 Å². The van der Waals surface area contributed by atoms with Crippen molar-refractivity contribution in [1.82, 2.24) is 15.1 Å². The smallest absolute Gasteiger partial charge is 0.407 e. The number of amides is 1. The third-order valence-electron chi connectivity index (χ3n) is 3.31. The lowest BCUT2D eigenvalue weighted by atomic mass is 9.86. The molecule has 1 aliphatic carbocycles. The molecule has 1 unspecified atom stereocenters. The lowest BCUT2D eigenvalue weighted by Gasteiger charge is -2.37. The maximum absolute atomic E-state index is 11.6. The van der Waals surface area contributed by atoms with Crippen LogP contribution in [0.25, 0.3) is 0 Å². The van der Waals surface area contributed by atoms with Crippen molar-refractivity contribution in [3.05, 3.63) is 18.0 Å². The molecule has 1 saturated carbocycles. The molecule has 1 aromatic rings. The van der Waals surface area contributed by atoms with Crippen LogP contribution in [0.15, 0.2) is 12.3 Å². The van der Waals surface area contributed by atoms with Gasteiger partial charge in [-0.05, 0) is 46.6 Å². The monoisotopic (exact) mass is 281 g/mol. The predicted molar refractivity (Wildman–Crippen MR) is 74.3 cm³/mol. The number of carbonyl (C=O) groups excluding carboxylic acids is 1. The fourth-order valence-electron chi connectivity index (χ4n) is 2.34. The summed E-state index contributed by atoms with van der Waals surface area (Å²) in [5, 5.41) is 16.7. The van der Waals surface area contributed by atoms with Crippen LogP contribution in [-0.2, 0) is 4.74 Å². The van der Waals surface area contributed by atoms with Gasteiger partial charge in [0.2, 0.25) is 0 Å². The molecule has 1 fully saturated rings. The Kier molecular flexibility index (Phi) is 4.04. The second-order valence-electron chi connectivity index (χ2n) is 6.34. The van der Waals surface area contributed by atoms with E-state index in [4.69, 9.17) is 4.74 Å². The Morgan fingerprint density at radius 3 is 2.75 bits per heavy atom. The minimum Gasteiger partial charge on any atom is -0.444 e. The molecule has 6 nitrogen and oxygen atoms in total. The van der Waals surface area contributed by atoms with E-state index in [1.807, 2.05) is 31.5 Å². The molecule has 0 saturated heterocycles. The second-order valence-corrected chi connectivity index (χ2v) is 6.34. The van der Waals surface area contributed by atoms with Crippen LogP contribution in [0.4, 0.5) is 4.79 Å². The zero-order valence-electron chi connectivity index (χ0n) is 12.5. The topological polar surface area (TPSA) is 76.4 Å². The van der Waals surface area contributed by atoms with Gasteiger partial charge in [0.25, 0.3) is 0 Å². The Hall–Kier alpha value is -1.56. The third kappa shape index (κ3) is 3.50. The van der Waals surface area contributed by atoms with Gasteiger partial charge in [0, 0.05) is 12.2 Å². The van der Waals surface area contributed by atoms with Crippen molar-refractivity contribution < 1.29 is 14.6 Å². The summed E-state index contributed by atoms with van der Waals surface area (Å²) < 4.78 is 7.06. The molecule has 1 aliphatic rings. The summed E-state index contributed by atoms with van der Waals surface area (Å²) in [7, 11) is 0. The fourth-order valence-corrected chi connectivity index (χ4v) is 2.34. The van der Waals surface area contributed by atoms with E-state index in [0.717, 1.165) is 18.5 Å². The number of carbonyl (C=O) groups is 1. The van der Waals surface area contributed by atoms with Crippen LogP contribution in [-0.4, -0.2) is 32.6 Å². The van der Waals surface area contributed by atoms with Gasteiger partial charge in [-0.2, -0.15) is 5.10 Å². The van der Waals surface area contributed by atoms with Gasteiger partial charge in [-0.25, -0.2) is 4.79 Å². The molecule has 1 amide bonds. The first-order chi connectivity index (χ1) is 9.26. The van der Waals surface area contributed by atoms with Crippen molar-refractivity contribution in [3.63, 3.8) is 0 Å². The summed E-state index contributed by atoms with van der Waals surface area (Å²) in [6, 6.07) is 2.16. The Morgan fingerprint density at radius 1 is 1.55 bits per heavy atom. The molecule has 2 rings (SSSR count). The molecule has 112 valence electrons. The third-order valence-corrected chi connectivity index (χ3v) is 3.31. The van der Waals surface area contributed by atoms with Crippen molar-refractivity contribution in [3.8, 4) is 0 Å². The lowest BCUT2D eigenvalue weighted by Crippen LogP contribution is -2.47. The molecular weight excluding hydrogens is 258 g/mol. The average molecular weight is 281 g/mol. The minimum absolute atomic E-state index is 0.112. The van der Waals surface area contributed by atoms with E-state index in [-0.39, 0.29) is 18.2 Å². The number of ether oxygens (including phenoxy) is 1. The Morgan fingerprint density at radius 2 is 2.20 bits per heavy atom. The van der Waals surface area contributed by atoms with Gasteiger partial charge in [0.1, 0.15) is 5.60 Å². The summed E-state index contributed by atoms with van der Waals surface area (Å²) in [6.07, 6.45) is 2.39. The Bertz CT molecular complexity index is 470. The summed E-state index contributed by atoms with van der Waals surface area (Å²) >= 11 is 0. The molecule has 2 N–H and O–H groups in total. The number of hydrogen-bond acceptors (Lipinski definition) is 4. The molecule has 0 aliphatic heterocycles. The molecule has 0 radical (unpaired) electrons. The normalized spacial score (nSPS) is 23.9. The van der Waals surface area contributed by atoms with Gasteiger partial charge >= 0.3 is 6.09 Å². The standard InChI is InChI=1S/C14H23N3O3/c1-9(18)12-5-6-15-17(12)11-7-10(8-11)16-13(19)20-14(2,3)4/h5-6,9-11,18H,7-8H2,1-4H3,(H,16,19). The molecule has 1 atom stereocenters. The van der Waals surface area contributed by atoms with E-state index < -0.39 is 11.7 Å². The van der Waals surface area contributed by atoms with Crippen molar-refractivity contribution in [2.45, 2.75) is 64.3 Å². The molecule has 6 heteroatoms. The zero-order valence-corrected chi connectivity index (χ0v) is 12.5. The SMILES string of the molecule is CC(O)c1ccnn1C1CC(NC(=O)OC(C)(C)C)C1. The Balaban J connectivity index is 1.83. The molecule has 1 heterocycles. The summed E-state index contributed by atoms with van der Waals surface area (Å²) in [6.45, 7) is 7.25. The van der Waals surface area contributed by atoms with Crippen molar-refractivity contribution in [1.29, 1.82) is 0 Å². The highest BCUT2D eigenvalue weighted by molar-refractivity contribution is 5.68. The number of aliphatic hydroxyl groups excluding tert-OH is 1. The summed E-state index contributed by atoms with van der Waals surface area (Å²) in [5.74, 6) is 0. The van der Waals surface area contributed by atoms with E-state index in [1.54, 1.807) is 13.1 Å². The van der Waals surface area contributed by atoms with Gasteiger partial charge in [0.15, 0.2) is 0 Å². The van der Waals surface area contributed by atoms with Gasteiger partial charge in [-0.15, -0.1) is 0 Å². The Labute approximate surface area is 119 Å². The minimum atomic E-state index is -0.532. The van der Waals surface area contributed by atoms with E-state index in [2.05, 4.69) is 10.4 Å². The summed E-state index contributed by atoms with van der Waals surface area (Å²) in [4.78, 5) is 11.6. The second kappa shape index (κ2) is 5.44. The molecule has 1 aromatic heterocycles. The maximum atomic E-state index is 11.6. The lowest BCUT2D eigenvalue weighted by molar-refractivity contribution is 0.0448. The highest BCUT2D eigenvalue weighted by atomic mass is 16.6. The van der Waals surface area contributed by atoms with Crippen molar-refractivity contribution in [2.24, 2.45) is 0 Å². The van der Waals surface area contributed by atoms with Crippen LogP contribution >= 0.6 is 0 Å². The van der Waals surface area contributed by atoms with Crippen LogP contribution in [0.3, 0.4) is 0 Å². The molecule has 20 heavy (non-hydrogen) atoms. The van der Waals surface area contributed by atoms with Crippen LogP contribution < -0.4 is 5.32 Å². The van der Waals surface area contributed by atoms with Crippen LogP contribution in [0, 0.1) is 0 Å². The molecule has 0 spiro atoms. The number of alkyl carbamates (subject to hydrolysis) is 1. The number of nitrogens with zero attached hydrogens (tertiary/aromatic N) is 2. The van der Waals surface area contributed by atoms with Crippen LogP contribution in [0.5, 0.6) is 0 Å². The first-order valence-corrected chi connectivity index (χ1v) is 6.97. The first kappa shape index (κ1) is 14.8. The molecule has 0 bridgehead atoms. The van der Waals surface area contributed by atoms with E-state index in [0.29, 0.717) is 0 Å². The van der Waals surface area contributed by atoms with Crippen molar-refractivity contribution in [2.75, 3.05) is 0 Å². The number of rotatable bonds is 3. The quantitative estimate of drug-likeness (QED) is 0.890. The van der Waals surface area contributed by atoms with Crippen LogP contribution in [0.2, 0.25) is 0 Å². The van der Waals surface area contributed by atoms with Gasteiger partial charge in [0.05, 0.1) is 17.8 Å². The highest BCUT2D eigenvalue weighted by Crippen LogP contribution is 2.34. The van der Waals surface area contributed by atoms with Gasteiger partial charge in [-0.1, -0.05) is 0 Å². The largest absolute Gasteiger partial charge is 0.444 e. The highest BCUT2D eigenvalue weighted by Gasteiger charge is 2.34. The van der Waals surface area contributed by atoms with E-state index >= 15 is 0 Å². The number of aromatic nitrogens is 2. The number of aliphatic hydroxyl groups is 1. The van der Waals surface area contributed by atoms with E-state index in [1.165, 1.54) is 0 Å². The average Bonchev–Trinajstić information content (AvgIpc) is 2.68. The maximum Gasteiger partial charge on any atom is 0.407 e. The van der Waals surface area contributed by atoms with Crippen molar-refractivity contribution >= 4 is 6.09 Å². The summed E-state index contributed by atoms with van der Waals surface area (Å²) in [5.41, 5.74) is 0.333. The van der Waals surface area contributed by atoms with Gasteiger partial charge < -0.3 is 15.2 Å². The van der Waals surface area contributed by atoms with Gasteiger partial charge in [-0.3, -0.25) is 4.68 Å². The zero-order chi connectivity index (χ0) is 14.9.